The molecule has 0 bridgehead atoms. The van der Waals surface area contributed by atoms with Crippen molar-refractivity contribution in [2.45, 2.75) is 43.2 Å². The normalized spacial score (nSPS) is 20.4. The van der Waals surface area contributed by atoms with Crippen LogP contribution in [0, 0.1) is 5.82 Å². The van der Waals surface area contributed by atoms with Gasteiger partial charge in [-0.05, 0) is 57.0 Å². The molecule has 0 aromatic heterocycles. The van der Waals surface area contributed by atoms with Crippen LogP contribution in [0.15, 0.2) is 29.2 Å². The summed E-state index contributed by atoms with van der Waals surface area (Å²) < 4.78 is 37.5. The molecule has 8 heteroatoms. The van der Waals surface area contributed by atoms with Crippen molar-refractivity contribution >= 4 is 15.7 Å². The first-order chi connectivity index (χ1) is 12.8. The molecule has 0 radical (unpaired) electrons. The predicted molar refractivity (Wildman–Crippen MR) is 102 cm³/mol. The first-order valence-electron chi connectivity index (χ1n) is 9.60. The lowest BCUT2D eigenvalue weighted by atomic mass is 10.2. The minimum Gasteiger partial charge on any atom is -0.352 e. The van der Waals surface area contributed by atoms with Crippen LogP contribution in [-0.2, 0) is 14.6 Å². The predicted octanol–water partition coefficient (Wildman–Crippen LogP) is 1.27. The van der Waals surface area contributed by atoms with Crippen molar-refractivity contribution in [2.75, 3.05) is 38.5 Å². The molecule has 1 amide bonds. The highest BCUT2D eigenvalue weighted by Gasteiger charge is 2.30. The number of carbonyl (C=O) groups excluding carboxylic acids is 1. The van der Waals surface area contributed by atoms with Crippen molar-refractivity contribution in [3.05, 3.63) is 30.1 Å². The van der Waals surface area contributed by atoms with E-state index in [1.165, 1.54) is 24.3 Å². The van der Waals surface area contributed by atoms with Gasteiger partial charge in [-0.25, -0.2) is 12.8 Å². The molecule has 1 saturated carbocycles. The Balaban J connectivity index is 1.39. The van der Waals surface area contributed by atoms with Crippen molar-refractivity contribution < 1.29 is 17.6 Å². The molecule has 2 fully saturated rings. The highest BCUT2D eigenvalue weighted by Crippen LogP contribution is 2.19. The average molecular weight is 398 g/mol. The lowest BCUT2D eigenvalue weighted by Gasteiger charge is -2.37. The molecule has 150 valence electrons. The quantitative estimate of drug-likeness (QED) is 0.669. The smallest absolute Gasteiger partial charge is 0.237 e. The molecule has 1 N–H and O–H groups in total. The largest absolute Gasteiger partial charge is 0.352 e. The van der Waals surface area contributed by atoms with Crippen LogP contribution in [0.25, 0.3) is 0 Å². The molecule has 2 aliphatic rings. The molecule has 6 nitrogen and oxygen atoms in total. The number of benzene rings is 1. The van der Waals surface area contributed by atoms with Gasteiger partial charge in [0.25, 0.3) is 0 Å². The van der Waals surface area contributed by atoms with E-state index in [1.807, 2.05) is 6.92 Å². The lowest BCUT2D eigenvalue weighted by molar-refractivity contribution is -0.126. The van der Waals surface area contributed by atoms with Gasteiger partial charge in [-0.3, -0.25) is 9.69 Å². The Morgan fingerprint density at radius 2 is 1.81 bits per heavy atom. The van der Waals surface area contributed by atoms with Crippen molar-refractivity contribution in [3.8, 4) is 0 Å². The molecule has 1 saturated heterocycles. The van der Waals surface area contributed by atoms with Crippen LogP contribution in [0.1, 0.15) is 26.2 Å². The third-order valence-corrected chi connectivity index (χ3v) is 7.13. The number of amides is 1. The number of nitrogens with zero attached hydrogens (tertiary/aromatic N) is 2. The van der Waals surface area contributed by atoms with E-state index in [9.17, 15) is 17.6 Å². The topological polar surface area (TPSA) is 69.7 Å². The van der Waals surface area contributed by atoms with E-state index in [-0.39, 0.29) is 22.6 Å². The van der Waals surface area contributed by atoms with E-state index in [2.05, 4.69) is 15.1 Å². The van der Waals surface area contributed by atoms with Gasteiger partial charge in [0, 0.05) is 32.2 Å². The number of carbonyl (C=O) groups is 1. The van der Waals surface area contributed by atoms with Crippen molar-refractivity contribution in [1.29, 1.82) is 0 Å². The Labute approximate surface area is 160 Å². The Hall–Kier alpha value is -1.51. The van der Waals surface area contributed by atoms with Gasteiger partial charge in [-0.1, -0.05) is 0 Å². The number of sulfone groups is 1. The van der Waals surface area contributed by atoms with Gasteiger partial charge >= 0.3 is 0 Å². The number of piperazine rings is 1. The summed E-state index contributed by atoms with van der Waals surface area (Å²) in [6, 6.07) is 5.24. The number of nitrogens with one attached hydrogen (secondary N) is 1. The molecule has 0 spiro atoms. The van der Waals surface area contributed by atoms with Gasteiger partial charge in [-0.15, -0.1) is 0 Å². The first kappa shape index (κ1) is 20.2. The fraction of sp³-hybridized carbons (Fsp3) is 0.632. The number of rotatable bonds is 8. The zero-order valence-corrected chi connectivity index (χ0v) is 16.5. The van der Waals surface area contributed by atoms with Crippen LogP contribution in [0.2, 0.25) is 0 Å². The van der Waals surface area contributed by atoms with Gasteiger partial charge in [0.05, 0.1) is 16.7 Å². The molecule has 1 unspecified atom stereocenters. The van der Waals surface area contributed by atoms with Crippen molar-refractivity contribution in [2.24, 2.45) is 0 Å². The van der Waals surface area contributed by atoms with E-state index in [4.69, 9.17) is 0 Å². The second kappa shape index (κ2) is 8.67. The van der Waals surface area contributed by atoms with E-state index in [1.54, 1.807) is 0 Å². The maximum absolute atomic E-state index is 12.9. The van der Waals surface area contributed by atoms with E-state index < -0.39 is 15.7 Å². The minimum atomic E-state index is -3.38. The minimum absolute atomic E-state index is 0.0546. The Bertz CT molecular complexity index is 742. The molecular weight excluding hydrogens is 369 g/mol. The SMILES string of the molecule is CC(C(=O)NC1CC1)N1CCN(CCCS(=O)(=O)c2ccc(F)cc2)CC1. The zero-order valence-electron chi connectivity index (χ0n) is 15.7. The summed E-state index contributed by atoms with van der Waals surface area (Å²) >= 11 is 0. The van der Waals surface area contributed by atoms with Crippen molar-refractivity contribution in [3.63, 3.8) is 0 Å². The van der Waals surface area contributed by atoms with Gasteiger partial charge in [-0.2, -0.15) is 0 Å². The molecule has 27 heavy (non-hydrogen) atoms. The number of hydrogen-bond donors (Lipinski definition) is 1. The molecule has 1 aliphatic carbocycles. The molecule has 1 aromatic carbocycles. The van der Waals surface area contributed by atoms with Crippen LogP contribution in [0.4, 0.5) is 4.39 Å². The molecular formula is C19H28FN3O3S. The van der Waals surface area contributed by atoms with E-state index in [0.29, 0.717) is 19.0 Å². The summed E-state index contributed by atoms with van der Waals surface area (Å²) in [6.45, 7) is 5.93. The van der Waals surface area contributed by atoms with Crippen LogP contribution >= 0.6 is 0 Å². The molecule has 1 heterocycles. The van der Waals surface area contributed by atoms with Gasteiger partial charge < -0.3 is 10.2 Å². The fourth-order valence-electron chi connectivity index (χ4n) is 3.33. The standard InChI is InChI=1S/C19H28FN3O3S/c1-15(19(24)21-17-5-6-17)23-12-10-22(11-13-23)9-2-14-27(25,26)18-7-3-16(20)4-8-18/h3-4,7-8,15,17H,2,5-6,9-14H2,1H3,(H,21,24). The summed E-state index contributed by atoms with van der Waals surface area (Å²) in [5.41, 5.74) is 0. The maximum Gasteiger partial charge on any atom is 0.237 e. The molecule has 1 aliphatic heterocycles. The number of halogens is 1. The van der Waals surface area contributed by atoms with Crippen LogP contribution in [-0.4, -0.2) is 74.7 Å². The Kier molecular flexibility index (Phi) is 6.49. The highest BCUT2D eigenvalue weighted by atomic mass is 32.2. The fourth-order valence-corrected chi connectivity index (χ4v) is 4.62. The van der Waals surface area contributed by atoms with Crippen LogP contribution < -0.4 is 5.32 Å². The monoisotopic (exact) mass is 397 g/mol. The maximum atomic E-state index is 12.9. The highest BCUT2D eigenvalue weighted by molar-refractivity contribution is 7.91. The third kappa shape index (κ3) is 5.73. The summed E-state index contributed by atoms with van der Waals surface area (Å²) in [7, 11) is -3.38. The van der Waals surface area contributed by atoms with Crippen LogP contribution in [0.5, 0.6) is 0 Å². The lowest BCUT2D eigenvalue weighted by Crippen LogP contribution is -2.54. The Morgan fingerprint density at radius 1 is 1.19 bits per heavy atom. The Morgan fingerprint density at radius 3 is 2.41 bits per heavy atom. The zero-order chi connectivity index (χ0) is 19.4. The molecule has 3 rings (SSSR count). The second-order valence-corrected chi connectivity index (χ2v) is 9.57. The summed E-state index contributed by atoms with van der Waals surface area (Å²) in [5, 5.41) is 3.05. The van der Waals surface area contributed by atoms with Gasteiger partial charge in [0.2, 0.25) is 5.91 Å². The first-order valence-corrected chi connectivity index (χ1v) is 11.3. The molecule has 1 atom stereocenters. The second-order valence-electron chi connectivity index (χ2n) is 7.46. The third-order valence-electron chi connectivity index (χ3n) is 5.32. The summed E-state index contributed by atoms with van der Waals surface area (Å²) in [6.07, 6.45) is 2.72. The van der Waals surface area contributed by atoms with Gasteiger partial charge in [0.15, 0.2) is 9.84 Å². The summed E-state index contributed by atoms with van der Waals surface area (Å²) in [4.78, 5) is 16.7. The van der Waals surface area contributed by atoms with Gasteiger partial charge in [0.1, 0.15) is 5.82 Å². The van der Waals surface area contributed by atoms with E-state index in [0.717, 1.165) is 39.0 Å². The number of hydrogen-bond acceptors (Lipinski definition) is 5. The average Bonchev–Trinajstić information content (AvgIpc) is 3.46. The van der Waals surface area contributed by atoms with E-state index >= 15 is 0 Å². The molecule has 1 aromatic rings. The van der Waals surface area contributed by atoms with Crippen LogP contribution in [0.3, 0.4) is 0 Å². The summed E-state index contributed by atoms with van der Waals surface area (Å²) in [5.74, 6) is -0.276. The van der Waals surface area contributed by atoms with Crippen molar-refractivity contribution in [1.82, 2.24) is 15.1 Å².